The minimum atomic E-state index is -0.141. The molecular formula is C20H22N6OS. The second-order valence-electron chi connectivity index (χ2n) is 6.72. The predicted octanol–water partition coefficient (Wildman–Crippen LogP) is 3.37. The zero-order valence-electron chi connectivity index (χ0n) is 15.8. The number of likely N-dealkylation sites (N-methyl/N-ethyl adjacent to an activating group) is 1. The SMILES string of the molecule is CNC(=O)C1CCCN1c1ncc(-c2cccc(Nc3cc(C)ccn3)n2)s1. The van der Waals surface area contributed by atoms with Crippen LogP contribution in [0.3, 0.4) is 0 Å². The molecule has 2 N–H and O–H groups in total. The summed E-state index contributed by atoms with van der Waals surface area (Å²) in [4.78, 5) is 28.8. The molecule has 0 aromatic carbocycles. The van der Waals surface area contributed by atoms with Crippen LogP contribution in [0, 0.1) is 6.92 Å². The first-order valence-electron chi connectivity index (χ1n) is 9.25. The van der Waals surface area contributed by atoms with Crippen LogP contribution in [0.5, 0.6) is 0 Å². The normalized spacial score (nSPS) is 16.2. The summed E-state index contributed by atoms with van der Waals surface area (Å²) < 4.78 is 0. The van der Waals surface area contributed by atoms with E-state index < -0.39 is 0 Å². The Morgan fingerprint density at radius 2 is 2.14 bits per heavy atom. The molecule has 8 heteroatoms. The summed E-state index contributed by atoms with van der Waals surface area (Å²) in [7, 11) is 1.68. The Balaban J connectivity index is 1.55. The van der Waals surface area contributed by atoms with Gasteiger partial charge in [0.05, 0.1) is 10.6 Å². The molecule has 144 valence electrons. The van der Waals surface area contributed by atoms with Gasteiger partial charge in [-0.05, 0) is 49.6 Å². The minimum Gasteiger partial charge on any atom is -0.357 e. The molecule has 7 nitrogen and oxygen atoms in total. The molecule has 0 spiro atoms. The van der Waals surface area contributed by atoms with Crippen LogP contribution in [0.2, 0.25) is 0 Å². The maximum absolute atomic E-state index is 12.1. The summed E-state index contributed by atoms with van der Waals surface area (Å²) in [5.74, 6) is 1.54. The van der Waals surface area contributed by atoms with Crippen LogP contribution < -0.4 is 15.5 Å². The topological polar surface area (TPSA) is 83.0 Å². The number of aromatic nitrogens is 3. The number of thiazole rings is 1. The monoisotopic (exact) mass is 394 g/mol. The molecular weight excluding hydrogens is 372 g/mol. The van der Waals surface area contributed by atoms with Gasteiger partial charge in [0.2, 0.25) is 5.91 Å². The Hall–Kier alpha value is -3.00. The molecule has 28 heavy (non-hydrogen) atoms. The Labute approximate surface area is 167 Å². The van der Waals surface area contributed by atoms with Crippen molar-refractivity contribution in [3.63, 3.8) is 0 Å². The van der Waals surface area contributed by atoms with Gasteiger partial charge in [-0.25, -0.2) is 15.0 Å². The third kappa shape index (κ3) is 3.82. The molecule has 1 aliphatic rings. The third-order valence-corrected chi connectivity index (χ3v) is 5.77. The van der Waals surface area contributed by atoms with Crippen LogP contribution in [-0.2, 0) is 4.79 Å². The highest BCUT2D eigenvalue weighted by molar-refractivity contribution is 7.18. The highest BCUT2D eigenvalue weighted by Crippen LogP contribution is 2.34. The fourth-order valence-electron chi connectivity index (χ4n) is 3.33. The van der Waals surface area contributed by atoms with E-state index in [9.17, 15) is 4.79 Å². The molecule has 0 aliphatic carbocycles. The van der Waals surface area contributed by atoms with Crippen molar-refractivity contribution in [3.05, 3.63) is 48.3 Å². The van der Waals surface area contributed by atoms with Crippen LogP contribution >= 0.6 is 11.3 Å². The number of aryl methyl sites for hydroxylation is 1. The number of hydrogen-bond donors (Lipinski definition) is 2. The molecule has 1 atom stereocenters. The second kappa shape index (κ2) is 7.93. The number of amides is 1. The average molecular weight is 395 g/mol. The van der Waals surface area contributed by atoms with Crippen molar-refractivity contribution in [2.75, 3.05) is 23.8 Å². The smallest absolute Gasteiger partial charge is 0.242 e. The molecule has 1 aliphatic heterocycles. The van der Waals surface area contributed by atoms with E-state index in [-0.39, 0.29) is 11.9 Å². The predicted molar refractivity (Wildman–Crippen MR) is 112 cm³/mol. The van der Waals surface area contributed by atoms with Gasteiger partial charge in [-0.3, -0.25) is 4.79 Å². The maximum atomic E-state index is 12.1. The van der Waals surface area contributed by atoms with Crippen molar-refractivity contribution in [3.8, 4) is 10.6 Å². The summed E-state index contributed by atoms with van der Waals surface area (Å²) in [5, 5.41) is 6.86. The lowest BCUT2D eigenvalue weighted by Crippen LogP contribution is -2.41. The van der Waals surface area contributed by atoms with Crippen molar-refractivity contribution >= 4 is 34.0 Å². The molecule has 3 aromatic rings. The lowest BCUT2D eigenvalue weighted by molar-refractivity contribution is -0.121. The number of carbonyl (C=O) groups is 1. The van der Waals surface area contributed by atoms with Gasteiger partial charge in [-0.1, -0.05) is 17.4 Å². The highest BCUT2D eigenvalue weighted by Gasteiger charge is 2.32. The number of carbonyl (C=O) groups excluding carboxylic acids is 1. The molecule has 1 fully saturated rings. The summed E-state index contributed by atoms with van der Waals surface area (Å²) in [6.07, 6.45) is 5.45. The Morgan fingerprint density at radius 3 is 2.96 bits per heavy atom. The van der Waals surface area contributed by atoms with Crippen molar-refractivity contribution < 1.29 is 4.79 Å². The van der Waals surface area contributed by atoms with Gasteiger partial charge in [-0.15, -0.1) is 0 Å². The molecule has 4 rings (SSSR count). The van der Waals surface area contributed by atoms with E-state index in [2.05, 4.69) is 25.5 Å². The lowest BCUT2D eigenvalue weighted by atomic mass is 10.2. The summed E-state index contributed by atoms with van der Waals surface area (Å²) >= 11 is 1.56. The van der Waals surface area contributed by atoms with E-state index in [1.54, 1.807) is 24.6 Å². The Bertz CT molecular complexity index is 988. The van der Waals surface area contributed by atoms with E-state index in [0.29, 0.717) is 0 Å². The molecule has 0 bridgehead atoms. The second-order valence-corrected chi connectivity index (χ2v) is 7.73. The first-order chi connectivity index (χ1) is 13.6. The van der Waals surface area contributed by atoms with E-state index >= 15 is 0 Å². The molecule has 1 saturated heterocycles. The molecule has 0 radical (unpaired) electrons. The first kappa shape index (κ1) is 18.4. The average Bonchev–Trinajstić information content (AvgIpc) is 3.37. The van der Waals surface area contributed by atoms with E-state index in [1.807, 2.05) is 43.5 Å². The first-order valence-corrected chi connectivity index (χ1v) is 10.1. The van der Waals surface area contributed by atoms with Gasteiger partial charge in [0.15, 0.2) is 5.13 Å². The number of anilines is 3. The maximum Gasteiger partial charge on any atom is 0.242 e. The van der Waals surface area contributed by atoms with Gasteiger partial charge in [0.1, 0.15) is 17.7 Å². The number of pyridine rings is 2. The van der Waals surface area contributed by atoms with Crippen LogP contribution in [0.15, 0.2) is 42.7 Å². The molecule has 1 amide bonds. The summed E-state index contributed by atoms with van der Waals surface area (Å²) in [5.41, 5.74) is 1.98. The van der Waals surface area contributed by atoms with E-state index in [4.69, 9.17) is 4.98 Å². The van der Waals surface area contributed by atoms with Crippen molar-refractivity contribution in [1.82, 2.24) is 20.3 Å². The fraction of sp³-hybridized carbons (Fsp3) is 0.300. The fourth-order valence-corrected chi connectivity index (χ4v) is 4.29. The molecule has 1 unspecified atom stereocenters. The van der Waals surface area contributed by atoms with Gasteiger partial charge < -0.3 is 15.5 Å². The number of nitrogens with one attached hydrogen (secondary N) is 2. The van der Waals surface area contributed by atoms with Crippen LogP contribution in [0.4, 0.5) is 16.8 Å². The minimum absolute atomic E-state index is 0.0456. The standard InChI is InChI=1S/C20H22N6OS/c1-13-8-9-22-18(11-13)25-17-7-3-5-14(24-17)16-12-23-20(28-16)26-10-4-6-15(26)19(27)21-2/h3,5,7-9,11-12,15H,4,6,10H2,1-2H3,(H,21,27)(H,22,24,25). The number of nitrogens with zero attached hydrogens (tertiary/aromatic N) is 4. The Morgan fingerprint density at radius 1 is 1.25 bits per heavy atom. The lowest BCUT2D eigenvalue weighted by Gasteiger charge is -2.22. The van der Waals surface area contributed by atoms with Gasteiger partial charge in [0.25, 0.3) is 0 Å². The largest absolute Gasteiger partial charge is 0.357 e. The zero-order chi connectivity index (χ0) is 19.5. The van der Waals surface area contributed by atoms with Crippen molar-refractivity contribution in [2.24, 2.45) is 0 Å². The zero-order valence-corrected chi connectivity index (χ0v) is 16.7. The Kier molecular flexibility index (Phi) is 5.21. The summed E-state index contributed by atoms with van der Waals surface area (Å²) in [6.45, 7) is 2.87. The van der Waals surface area contributed by atoms with E-state index in [1.165, 1.54) is 0 Å². The number of rotatable bonds is 5. The molecule has 3 aromatic heterocycles. The van der Waals surface area contributed by atoms with Crippen LogP contribution in [0.1, 0.15) is 18.4 Å². The van der Waals surface area contributed by atoms with E-state index in [0.717, 1.165) is 52.3 Å². The van der Waals surface area contributed by atoms with Crippen LogP contribution in [-0.4, -0.2) is 40.5 Å². The number of hydrogen-bond acceptors (Lipinski definition) is 7. The highest BCUT2D eigenvalue weighted by atomic mass is 32.1. The van der Waals surface area contributed by atoms with Gasteiger partial charge >= 0.3 is 0 Å². The van der Waals surface area contributed by atoms with Gasteiger partial charge in [0, 0.05) is 26.0 Å². The molecule has 0 saturated carbocycles. The van der Waals surface area contributed by atoms with Crippen LogP contribution in [0.25, 0.3) is 10.6 Å². The quantitative estimate of drug-likeness (QED) is 0.690. The van der Waals surface area contributed by atoms with Crippen molar-refractivity contribution in [1.29, 1.82) is 0 Å². The van der Waals surface area contributed by atoms with Gasteiger partial charge in [-0.2, -0.15) is 0 Å². The summed E-state index contributed by atoms with van der Waals surface area (Å²) in [6, 6.07) is 9.63. The third-order valence-electron chi connectivity index (χ3n) is 4.71. The van der Waals surface area contributed by atoms with Crippen molar-refractivity contribution in [2.45, 2.75) is 25.8 Å². The molecule has 4 heterocycles.